The van der Waals surface area contributed by atoms with Crippen LogP contribution in [-0.2, 0) is 0 Å². The van der Waals surface area contributed by atoms with E-state index in [1.165, 1.54) is 12.1 Å². The molecule has 3 nitrogen and oxygen atoms in total. The summed E-state index contributed by atoms with van der Waals surface area (Å²) in [5.74, 6) is -0.806. The summed E-state index contributed by atoms with van der Waals surface area (Å²) < 4.78 is 0. The summed E-state index contributed by atoms with van der Waals surface area (Å²) in [6.07, 6.45) is 0. The summed E-state index contributed by atoms with van der Waals surface area (Å²) in [5.41, 5.74) is 0.794. The highest BCUT2D eigenvalue weighted by molar-refractivity contribution is 5.51. The van der Waals surface area contributed by atoms with E-state index in [4.69, 9.17) is 15.3 Å². The molecule has 0 saturated heterocycles. The highest BCUT2D eigenvalue weighted by atomic mass is 16.3. The highest BCUT2D eigenvalue weighted by Gasteiger charge is 2.09. The van der Waals surface area contributed by atoms with Gasteiger partial charge in [-0.05, 0) is 23.6 Å². The van der Waals surface area contributed by atoms with Crippen molar-refractivity contribution in [2.24, 2.45) is 0 Å². The van der Waals surface area contributed by atoms with Crippen LogP contribution in [0.15, 0.2) is 12.1 Å². The molecule has 0 heterocycles. The van der Waals surface area contributed by atoms with Crippen LogP contribution in [0.4, 0.5) is 0 Å². The van der Waals surface area contributed by atoms with Gasteiger partial charge in [0, 0.05) is 0 Å². The lowest BCUT2D eigenvalue weighted by molar-refractivity contribution is 0.366. The van der Waals surface area contributed by atoms with Gasteiger partial charge in [-0.15, -0.1) is 0 Å². The Labute approximate surface area is 70.9 Å². The second-order valence-electron chi connectivity index (χ2n) is 3.06. The molecular weight excluding hydrogens is 156 g/mol. The van der Waals surface area contributed by atoms with Gasteiger partial charge < -0.3 is 15.3 Å². The van der Waals surface area contributed by atoms with Gasteiger partial charge in [-0.1, -0.05) is 13.8 Å². The average molecular weight is 168 g/mol. The summed E-state index contributed by atoms with van der Waals surface area (Å²) in [5, 5.41) is 27.3. The Bertz CT molecular complexity index is 269. The van der Waals surface area contributed by atoms with Crippen molar-refractivity contribution in [3.8, 4) is 17.2 Å². The molecule has 0 saturated carbocycles. The molecule has 0 unspecified atom stereocenters. The van der Waals surface area contributed by atoms with Crippen molar-refractivity contribution in [1.29, 1.82) is 0 Å². The predicted octanol–water partition coefficient (Wildman–Crippen LogP) is 1.93. The molecule has 0 aliphatic carbocycles. The van der Waals surface area contributed by atoms with Crippen molar-refractivity contribution >= 4 is 0 Å². The number of benzene rings is 1. The molecule has 3 heteroatoms. The Morgan fingerprint density at radius 2 is 1.42 bits per heavy atom. The largest absolute Gasteiger partial charge is 0.504 e. The van der Waals surface area contributed by atoms with E-state index < -0.39 is 5.75 Å². The van der Waals surface area contributed by atoms with Gasteiger partial charge in [0.1, 0.15) is 0 Å². The van der Waals surface area contributed by atoms with Crippen LogP contribution < -0.4 is 0 Å². The fraction of sp³-hybridized carbons (Fsp3) is 0.333. The first-order valence-electron chi connectivity index (χ1n) is 3.77. The quantitative estimate of drug-likeness (QED) is 0.561. The van der Waals surface area contributed by atoms with Crippen LogP contribution in [0.1, 0.15) is 25.3 Å². The van der Waals surface area contributed by atoms with E-state index in [2.05, 4.69) is 0 Å². The topological polar surface area (TPSA) is 60.7 Å². The van der Waals surface area contributed by atoms with E-state index in [1.54, 1.807) is 0 Å². The minimum atomic E-state index is -0.459. The van der Waals surface area contributed by atoms with E-state index in [0.717, 1.165) is 5.56 Å². The Hall–Kier alpha value is -1.38. The maximum absolute atomic E-state index is 9.12. The minimum Gasteiger partial charge on any atom is -0.504 e. The van der Waals surface area contributed by atoms with Gasteiger partial charge in [0.25, 0.3) is 0 Å². The first-order valence-corrected chi connectivity index (χ1v) is 3.77. The minimum absolute atomic E-state index is 0.211. The fourth-order valence-corrected chi connectivity index (χ4v) is 0.959. The standard InChI is InChI=1S/C9H12O3/c1-5(2)6-3-7(10)9(12)8(11)4-6/h3-5,10-12H,1-2H3. The molecule has 0 amide bonds. The van der Waals surface area contributed by atoms with E-state index in [0.29, 0.717) is 0 Å². The van der Waals surface area contributed by atoms with Crippen molar-refractivity contribution in [2.45, 2.75) is 19.8 Å². The van der Waals surface area contributed by atoms with Gasteiger partial charge in [0.2, 0.25) is 0 Å². The second-order valence-corrected chi connectivity index (χ2v) is 3.06. The molecule has 0 atom stereocenters. The lowest BCUT2D eigenvalue weighted by atomic mass is 10.0. The Kier molecular flexibility index (Phi) is 2.13. The number of phenolic OH excluding ortho intramolecular Hbond substituents is 3. The van der Waals surface area contributed by atoms with E-state index in [-0.39, 0.29) is 17.4 Å². The SMILES string of the molecule is CC(C)c1cc(O)c(O)c(O)c1. The average Bonchev–Trinajstić information content (AvgIpc) is 1.99. The van der Waals surface area contributed by atoms with Gasteiger partial charge in [0.05, 0.1) is 0 Å². The van der Waals surface area contributed by atoms with Gasteiger partial charge >= 0.3 is 0 Å². The molecule has 1 aromatic carbocycles. The first-order chi connectivity index (χ1) is 5.52. The van der Waals surface area contributed by atoms with Gasteiger partial charge in [-0.25, -0.2) is 0 Å². The summed E-state index contributed by atoms with van der Waals surface area (Å²) in [4.78, 5) is 0. The molecule has 0 fully saturated rings. The smallest absolute Gasteiger partial charge is 0.200 e. The molecule has 1 aromatic rings. The van der Waals surface area contributed by atoms with Crippen molar-refractivity contribution in [1.82, 2.24) is 0 Å². The first kappa shape index (κ1) is 8.71. The van der Waals surface area contributed by atoms with Gasteiger partial charge in [-0.3, -0.25) is 0 Å². The number of aromatic hydroxyl groups is 3. The van der Waals surface area contributed by atoms with Crippen LogP contribution in [0.5, 0.6) is 17.2 Å². The van der Waals surface area contributed by atoms with Crippen LogP contribution in [0.3, 0.4) is 0 Å². The third-order valence-corrected chi connectivity index (χ3v) is 1.76. The monoisotopic (exact) mass is 168 g/mol. The van der Waals surface area contributed by atoms with Crippen LogP contribution in [0.2, 0.25) is 0 Å². The summed E-state index contributed by atoms with van der Waals surface area (Å²) in [7, 11) is 0. The Morgan fingerprint density at radius 1 is 1.00 bits per heavy atom. The molecular formula is C9H12O3. The molecule has 0 aromatic heterocycles. The molecule has 12 heavy (non-hydrogen) atoms. The molecule has 0 spiro atoms. The lowest BCUT2D eigenvalue weighted by Crippen LogP contribution is -1.86. The zero-order valence-corrected chi connectivity index (χ0v) is 7.07. The molecule has 3 N–H and O–H groups in total. The van der Waals surface area contributed by atoms with E-state index >= 15 is 0 Å². The van der Waals surface area contributed by atoms with Crippen LogP contribution in [0, 0.1) is 0 Å². The fourth-order valence-electron chi connectivity index (χ4n) is 0.959. The summed E-state index contributed by atoms with van der Waals surface area (Å²) >= 11 is 0. The second kappa shape index (κ2) is 2.93. The van der Waals surface area contributed by atoms with E-state index in [1.807, 2.05) is 13.8 Å². The van der Waals surface area contributed by atoms with Gasteiger partial charge in [-0.2, -0.15) is 0 Å². The Balaban J connectivity index is 3.21. The van der Waals surface area contributed by atoms with E-state index in [9.17, 15) is 0 Å². The number of rotatable bonds is 1. The van der Waals surface area contributed by atoms with Crippen molar-refractivity contribution in [2.75, 3.05) is 0 Å². The third kappa shape index (κ3) is 1.44. The molecule has 0 aliphatic rings. The normalized spacial score (nSPS) is 10.6. The van der Waals surface area contributed by atoms with Gasteiger partial charge in [0.15, 0.2) is 17.2 Å². The number of hydrogen-bond donors (Lipinski definition) is 3. The van der Waals surface area contributed by atoms with Crippen molar-refractivity contribution in [3.63, 3.8) is 0 Å². The molecule has 1 rings (SSSR count). The zero-order chi connectivity index (χ0) is 9.30. The lowest BCUT2D eigenvalue weighted by Gasteiger charge is -2.07. The number of hydrogen-bond acceptors (Lipinski definition) is 3. The third-order valence-electron chi connectivity index (χ3n) is 1.76. The van der Waals surface area contributed by atoms with Crippen LogP contribution in [-0.4, -0.2) is 15.3 Å². The zero-order valence-electron chi connectivity index (χ0n) is 7.07. The van der Waals surface area contributed by atoms with Crippen LogP contribution in [0.25, 0.3) is 0 Å². The molecule has 66 valence electrons. The molecule has 0 bridgehead atoms. The number of phenols is 3. The molecule has 0 aliphatic heterocycles. The Morgan fingerprint density at radius 3 is 1.75 bits per heavy atom. The van der Waals surface area contributed by atoms with Crippen LogP contribution >= 0.6 is 0 Å². The summed E-state index contributed by atoms with van der Waals surface area (Å²) in [6.45, 7) is 3.87. The van der Waals surface area contributed by atoms with Crippen molar-refractivity contribution < 1.29 is 15.3 Å². The molecule has 0 radical (unpaired) electrons. The summed E-state index contributed by atoms with van der Waals surface area (Å²) in [6, 6.07) is 2.89. The maximum Gasteiger partial charge on any atom is 0.200 e. The predicted molar refractivity (Wildman–Crippen MR) is 45.5 cm³/mol. The highest BCUT2D eigenvalue weighted by Crippen LogP contribution is 2.37. The van der Waals surface area contributed by atoms with Crippen molar-refractivity contribution in [3.05, 3.63) is 17.7 Å². The maximum atomic E-state index is 9.12.